The third-order valence-electron chi connectivity index (χ3n) is 11.4. The first-order valence-corrected chi connectivity index (χ1v) is 26.7. The highest BCUT2D eigenvalue weighted by Gasteiger charge is 2.33. The Kier molecular flexibility index (Phi) is 33.3. The Hall–Kier alpha value is -6.22. The maximum absolute atomic E-state index is 13.7. The van der Waals surface area contributed by atoms with Gasteiger partial charge in [0.1, 0.15) is 30.2 Å². The zero-order valence-corrected chi connectivity index (χ0v) is 43.0. The van der Waals surface area contributed by atoms with Crippen molar-refractivity contribution in [3.8, 4) is 0 Å². The van der Waals surface area contributed by atoms with Gasteiger partial charge in [0.15, 0.2) is 0 Å². The van der Waals surface area contributed by atoms with Crippen LogP contribution in [0.15, 0.2) is 12.5 Å². The average molecular weight is 1060 g/mol. The number of imidazole rings is 1. The van der Waals surface area contributed by atoms with Crippen LogP contribution in [-0.2, 0) is 64.4 Å². The number of unbranched alkanes of at least 4 members (excludes halogenated alkanes) is 12. The van der Waals surface area contributed by atoms with Gasteiger partial charge < -0.3 is 63.9 Å². The third-order valence-corrected chi connectivity index (χ3v) is 12.8. The number of carboxylic acid groups (broad SMARTS) is 1. The second-order valence-corrected chi connectivity index (χ2v) is 19.5. The van der Waals surface area contributed by atoms with Gasteiger partial charge in [0.05, 0.1) is 30.9 Å². The van der Waals surface area contributed by atoms with Crippen molar-refractivity contribution < 1.29 is 66.6 Å². The fourth-order valence-corrected chi connectivity index (χ4v) is 8.36. The Labute approximate surface area is 427 Å². The molecule has 0 aliphatic heterocycles. The van der Waals surface area contributed by atoms with Crippen molar-refractivity contribution >= 4 is 69.2 Å². The second-order valence-electron chi connectivity index (χ2n) is 17.7. The lowest BCUT2D eigenvalue weighted by Crippen LogP contribution is -2.61. The molecule has 0 fully saturated rings. The molecule has 9 amide bonds. The van der Waals surface area contributed by atoms with Gasteiger partial charge in [-0.05, 0) is 32.1 Å². The average Bonchev–Trinajstić information content (AvgIpc) is 3.86. The molecule has 1 rings (SSSR count). The van der Waals surface area contributed by atoms with Gasteiger partial charge in [-0.1, -0.05) is 84.0 Å². The van der Waals surface area contributed by atoms with Crippen LogP contribution in [-0.4, -0.2) is 150 Å². The van der Waals surface area contributed by atoms with E-state index in [1.54, 1.807) is 0 Å². The lowest BCUT2D eigenvalue weighted by molar-refractivity contribution is -0.137. The molecule has 73 heavy (non-hydrogen) atoms. The highest BCUT2D eigenvalue weighted by molar-refractivity contribution is 7.90. The highest BCUT2D eigenvalue weighted by Crippen LogP contribution is 2.13. The molecule has 5 atom stereocenters. The lowest BCUT2D eigenvalue weighted by atomic mass is 10.0. The molecule has 0 aliphatic rings. The Morgan fingerprint density at radius 3 is 1.64 bits per heavy atom. The number of hydrogen-bond donors (Lipinski definition) is 13. The van der Waals surface area contributed by atoms with E-state index in [2.05, 4.69) is 47.2 Å². The number of nitrogens with two attached hydrogens (primary N) is 2. The molecule has 0 bridgehead atoms. The normalized spacial score (nSPS) is 13.2. The van der Waals surface area contributed by atoms with E-state index in [9.17, 15) is 61.5 Å². The van der Waals surface area contributed by atoms with Gasteiger partial charge in [0.2, 0.25) is 63.2 Å². The topological polar surface area (TPSA) is 422 Å². The number of nitrogens with one attached hydrogen (secondary N) is 9. The van der Waals surface area contributed by atoms with Crippen molar-refractivity contribution in [3.05, 3.63) is 18.2 Å². The first-order valence-electron chi connectivity index (χ1n) is 25.1. The summed E-state index contributed by atoms with van der Waals surface area (Å²) in [6.07, 6.45) is 14.4. The minimum absolute atomic E-state index is 0.0264. The number of aromatic amines is 1. The van der Waals surface area contributed by atoms with Gasteiger partial charge in [0.25, 0.3) is 0 Å². The number of nitrogens with zero attached hydrogens (tertiary/aromatic N) is 1. The number of rotatable bonds is 42. The molecule has 0 saturated carbocycles. The van der Waals surface area contributed by atoms with E-state index in [0.29, 0.717) is 31.4 Å². The van der Waals surface area contributed by atoms with Crippen LogP contribution < -0.4 is 53.4 Å². The first-order chi connectivity index (χ1) is 34.7. The maximum Gasteiger partial charge on any atom is 0.303 e. The van der Waals surface area contributed by atoms with Crippen LogP contribution in [0.2, 0.25) is 0 Å². The summed E-state index contributed by atoms with van der Waals surface area (Å²) in [6.45, 7) is -0.191. The molecule has 26 nitrogen and oxygen atoms in total. The van der Waals surface area contributed by atoms with Crippen molar-refractivity contribution in [1.29, 1.82) is 0 Å². The zero-order chi connectivity index (χ0) is 54.6. The van der Waals surface area contributed by atoms with Crippen LogP contribution in [0.5, 0.6) is 0 Å². The Morgan fingerprint density at radius 1 is 0.616 bits per heavy atom. The molecule has 0 spiro atoms. The number of carbonyl (C=O) groups is 10. The van der Waals surface area contributed by atoms with Gasteiger partial charge >= 0.3 is 5.97 Å². The van der Waals surface area contributed by atoms with Gasteiger partial charge in [-0.25, -0.2) is 13.4 Å². The number of amides is 9. The van der Waals surface area contributed by atoms with Gasteiger partial charge in [-0.3, -0.25) is 52.7 Å². The van der Waals surface area contributed by atoms with Crippen LogP contribution >= 0.6 is 0 Å². The first kappa shape index (κ1) is 64.8. The molecule has 0 aromatic carbocycles. The largest absolute Gasteiger partial charge is 0.481 e. The van der Waals surface area contributed by atoms with Crippen LogP contribution in [0, 0.1) is 0 Å². The molecule has 15 N–H and O–H groups in total. The summed E-state index contributed by atoms with van der Waals surface area (Å²) < 4.78 is 26.9. The van der Waals surface area contributed by atoms with Gasteiger partial charge in [-0.15, -0.1) is 0 Å². The number of aliphatic hydroxyl groups excluding tert-OH is 1. The van der Waals surface area contributed by atoms with Crippen LogP contribution in [0.3, 0.4) is 0 Å². The summed E-state index contributed by atoms with van der Waals surface area (Å²) in [5.41, 5.74) is 11.4. The molecular formula is C46H80N12O14S. The Bertz CT molecular complexity index is 2010. The number of aliphatic carboxylic acids is 1. The summed E-state index contributed by atoms with van der Waals surface area (Å²) in [5.74, 6) is -8.76. The van der Waals surface area contributed by atoms with E-state index in [-0.39, 0.29) is 32.1 Å². The molecule has 0 unspecified atom stereocenters. The minimum Gasteiger partial charge on any atom is -0.481 e. The Balaban J connectivity index is 2.68. The summed E-state index contributed by atoms with van der Waals surface area (Å²) in [7, 11) is -2.63. The van der Waals surface area contributed by atoms with E-state index in [0.717, 1.165) is 70.6 Å². The quantitative estimate of drug-likeness (QED) is 0.0329. The molecular weight excluding hydrogens is 977 g/mol. The number of primary amides is 1. The van der Waals surface area contributed by atoms with E-state index in [4.69, 9.17) is 16.6 Å². The predicted molar refractivity (Wildman–Crippen MR) is 267 cm³/mol. The molecule has 1 aromatic heterocycles. The zero-order valence-electron chi connectivity index (χ0n) is 42.2. The number of aliphatic hydroxyl groups is 1. The summed E-state index contributed by atoms with van der Waals surface area (Å²) in [6, 6.07) is -7.01. The molecule has 1 aromatic rings. The van der Waals surface area contributed by atoms with Crippen molar-refractivity contribution in [3.63, 3.8) is 0 Å². The number of sulfonamides is 1. The van der Waals surface area contributed by atoms with E-state index in [1.807, 2.05) is 11.6 Å². The van der Waals surface area contributed by atoms with Gasteiger partial charge in [0, 0.05) is 51.9 Å². The van der Waals surface area contributed by atoms with Crippen LogP contribution in [0.4, 0.5) is 0 Å². The minimum atomic E-state index is -4.04. The standard InChI is InChI=1S/C46H80N12O14S/c1-3-4-18-32(42(66)49-2)54-45(69)35(26-47)57-44(68)34(25-31-27-50-30-52-31)56-43(67)33(22-23-37(48)60)55-46(70)36(29-59)53-40(63)28-51-38(61)20-17-24-73(71,72)58-39(62)19-15-13-11-9-7-5-6-8-10-12-14-16-21-41(64)65/h27,30,32-36,59H,3-26,28-29,47H2,1-2H3,(H2,48,60)(H,49,66)(H,50,52)(H,51,61)(H,53,63)(H,54,69)(H,55,70)(H,56,67)(H,57,68)(H,58,62)(H,64,65)/t32-,33-,34-,35-,36-/m0/s1. The molecule has 414 valence electrons. The fourth-order valence-electron chi connectivity index (χ4n) is 7.28. The summed E-state index contributed by atoms with van der Waals surface area (Å²) in [5, 5.41) is 35.4. The van der Waals surface area contributed by atoms with Crippen LogP contribution in [0.25, 0.3) is 0 Å². The third kappa shape index (κ3) is 30.4. The number of aromatic nitrogens is 2. The molecule has 0 aliphatic carbocycles. The number of H-pyrrole nitrogens is 1. The molecule has 27 heteroatoms. The van der Waals surface area contributed by atoms with E-state index in [1.165, 1.54) is 19.6 Å². The second kappa shape index (κ2) is 37.5. The predicted octanol–water partition coefficient (Wildman–Crippen LogP) is -1.58. The molecule has 1 heterocycles. The maximum atomic E-state index is 13.7. The number of hydrogen-bond acceptors (Lipinski definition) is 15. The SMILES string of the molecule is CCCC[C@H](NC(=O)[C@H](CN)NC(=O)[C@H](Cc1c[nH]cn1)NC(=O)[C@H](CCC(N)=O)NC(=O)[C@H](CO)NC(=O)CNC(=O)CCCS(=O)(=O)NC(=O)CCCCCCCCCCCCCCC(=O)O)C(=O)NC. The van der Waals surface area contributed by atoms with Gasteiger partial charge in [-0.2, -0.15) is 0 Å². The lowest BCUT2D eigenvalue weighted by Gasteiger charge is -2.26. The monoisotopic (exact) mass is 1060 g/mol. The number of carboxylic acids is 1. The fraction of sp³-hybridized carbons (Fsp3) is 0.717. The van der Waals surface area contributed by atoms with Crippen molar-refractivity contribution in [2.75, 3.05) is 32.5 Å². The summed E-state index contributed by atoms with van der Waals surface area (Å²) >= 11 is 0. The van der Waals surface area contributed by atoms with Crippen LogP contribution in [0.1, 0.15) is 147 Å². The number of likely N-dealkylation sites (N-methyl/N-ethyl adjacent to an activating group) is 1. The highest BCUT2D eigenvalue weighted by atomic mass is 32.2. The molecule has 0 saturated heterocycles. The van der Waals surface area contributed by atoms with E-state index >= 15 is 0 Å². The van der Waals surface area contributed by atoms with Crippen molar-refractivity contribution in [2.24, 2.45) is 11.5 Å². The van der Waals surface area contributed by atoms with Crippen molar-refractivity contribution in [1.82, 2.24) is 51.9 Å². The number of carbonyl (C=O) groups excluding carboxylic acids is 9. The van der Waals surface area contributed by atoms with Crippen molar-refractivity contribution in [2.45, 2.75) is 178 Å². The van der Waals surface area contributed by atoms with E-state index < -0.39 is 138 Å². The Morgan fingerprint density at radius 2 is 1.12 bits per heavy atom. The summed E-state index contributed by atoms with van der Waals surface area (Å²) in [4.78, 5) is 133. The smallest absolute Gasteiger partial charge is 0.303 e. The molecule has 0 radical (unpaired) electrons.